The number of anilines is 2. The number of nitrogens with one attached hydrogen (secondary N) is 1. The first-order chi connectivity index (χ1) is 16.6. The number of ether oxygens (including phenoxy) is 2. The van der Waals surface area contributed by atoms with Crippen LogP contribution < -0.4 is 19.7 Å². The van der Waals surface area contributed by atoms with Crippen LogP contribution in [-0.4, -0.2) is 41.0 Å². The van der Waals surface area contributed by atoms with Gasteiger partial charge < -0.3 is 19.7 Å². The fraction of sp³-hybridized carbons (Fsp3) is 0.240. The number of rotatable bonds is 4. The maximum absolute atomic E-state index is 13.3. The molecule has 3 aromatic heterocycles. The average Bonchev–Trinajstić information content (AvgIpc) is 3.58. The number of benzene rings is 1. The van der Waals surface area contributed by atoms with Crippen molar-refractivity contribution in [1.29, 1.82) is 0 Å². The number of aryl methyl sites for hydroxylation is 1. The number of thiophene rings is 1. The zero-order chi connectivity index (χ0) is 23.2. The molecular formula is C25H22N4O4S. The molecule has 1 aromatic carbocycles. The van der Waals surface area contributed by atoms with Gasteiger partial charge in [0.25, 0.3) is 0 Å². The van der Waals surface area contributed by atoms with Crippen molar-refractivity contribution in [3.63, 3.8) is 0 Å². The third-order valence-electron chi connectivity index (χ3n) is 6.11. The van der Waals surface area contributed by atoms with Gasteiger partial charge in [-0.1, -0.05) is 6.07 Å². The van der Waals surface area contributed by atoms with Crippen molar-refractivity contribution in [2.75, 3.05) is 30.0 Å². The van der Waals surface area contributed by atoms with Crippen LogP contribution in [0.3, 0.4) is 0 Å². The Balaban J connectivity index is 1.27. The minimum absolute atomic E-state index is 0.0934. The molecule has 9 heteroatoms. The molecule has 172 valence electrons. The van der Waals surface area contributed by atoms with E-state index in [9.17, 15) is 9.59 Å². The molecule has 5 heterocycles. The lowest BCUT2D eigenvalue weighted by Crippen LogP contribution is -2.28. The second-order valence-electron chi connectivity index (χ2n) is 8.44. The van der Waals surface area contributed by atoms with Crippen LogP contribution in [0.25, 0.3) is 16.2 Å². The second-order valence-corrected chi connectivity index (χ2v) is 9.39. The molecule has 2 aliphatic rings. The number of imidazole rings is 1. The Morgan fingerprint density at radius 1 is 1.15 bits per heavy atom. The number of aromatic nitrogens is 2. The average molecular weight is 475 g/mol. The van der Waals surface area contributed by atoms with Crippen LogP contribution in [-0.2, 0) is 9.59 Å². The summed E-state index contributed by atoms with van der Waals surface area (Å²) in [6, 6.07) is 13.3. The molecule has 1 N–H and O–H groups in total. The standard InChI is InChI=1S/C25H22N4O4S/c1-15-6-7-28-21(11-15)26-23(20-3-2-10-34-20)24(28)27-25(31)16-12-22(30)29(14-16)17-4-5-18-19(13-17)33-9-8-32-18/h2-7,10-11,13,16H,8-9,12,14H2,1H3,(H,27,31)/t16-/m0/s1. The lowest BCUT2D eigenvalue weighted by molar-refractivity contribution is -0.122. The lowest BCUT2D eigenvalue weighted by Gasteiger charge is -2.22. The minimum Gasteiger partial charge on any atom is -0.486 e. The first kappa shape index (κ1) is 20.7. The predicted octanol–water partition coefficient (Wildman–Crippen LogP) is 4.13. The molecule has 0 aliphatic carbocycles. The van der Waals surface area contributed by atoms with E-state index in [0.29, 0.717) is 42.8 Å². The zero-order valence-corrected chi connectivity index (χ0v) is 19.3. The topological polar surface area (TPSA) is 85.2 Å². The van der Waals surface area contributed by atoms with Crippen LogP contribution in [0.1, 0.15) is 12.0 Å². The number of amides is 2. The van der Waals surface area contributed by atoms with Crippen molar-refractivity contribution in [3.8, 4) is 22.1 Å². The molecule has 8 nitrogen and oxygen atoms in total. The fourth-order valence-electron chi connectivity index (χ4n) is 4.40. The van der Waals surface area contributed by atoms with Gasteiger partial charge in [0, 0.05) is 30.9 Å². The van der Waals surface area contributed by atoms with Gasteiger partial charge in [0.2, 0.25) is 11.8 Å². The van der Waals surface area contributed by atoms with E-state index in [-0.39, 0.29) is 18.2 Å². The highest BCUT2D eigenvalue weighted by molar-refractivity contribution is 7.13. The molecular weight excluding hydrogens is 452 g/mol. The van der Waals surface area contributed by atoms with E-state index in [2.05, 4.69) is 5.32 Å². The normalized spacial score (nSPS) is 17.4. The molecule has 1 atom stereocenters. The Labute approximate surface area is 199 Å². The zero-order valence-electron chi connectivity index (χ0n) is 18.5. The number of hydrogen-bond donors (Lipinski definition) is 1. The molecule has 34 heavy (non-hydrogen) atoms. The maximum atomic E-state index is 13.3. The van der Waals surface area contributed by atoms with Crippen LogP contribution in [0.5, 0.6) is 11.5 Å². The second kappa shape index (κ2) is 8.18. The van der Waals surface area contributed by atoms with Gasteiger partial charge in [0.05, 0.1) is 10.8 Å². The van der Waals surface area contributed by atoms with Crippen molar-refractivity contribution in [2.45, 2.75) is 13.3 Å². The Morgan fingerprint density at radius 3 is 2.82 bits per heavy atom. The van der Waals surface area contributed by atoms with Gasteiger partial charge in [-0.05, 0) is 48.2 Å². The van der Waals surface area contributed by atoms with E-state index >= 15 is 0 Å². The fourth-order valence-corrected chi connectivity index (χ4v) is 5.12. The highest BCUT2D eigenvalue weighted by Gasteiger charge is 2.36. The van der Waals surface area contributed by atoms with Crippen LogP contribution >= 0.6 is 11.3 Å². The van der Waals surface area contributed by atoms with E-state index in [4.69, 9.17) is 14.5 Å². The molecule has 6 rings (SSSR count). The Hall–Kier alpha value is -3.85. The minimum atomic E-state index is -0.479. The summed E-state index contributed by atoms with van der Waals surface area (Å²) in [4.78, 5) is 33.5. The van der Waals surface area contributed by atoms with Gasteiger partial charge in [-0.15, -0.1) is 11.3 Å². The van der Waals surface area contributed by atoms with Crippen LogP contribution in [0, 0.1) is 12.8 Å². The van der Waals surface area contributed by atoms with Crippen molar-refractivity contribution < 1.29 is 19.1 Å². The molecule has 0 saturated carbocycles. The van der Waals surface area contributed by atoms with Crippen LogP contribution in [0.15, 0.2) is 54.0 Å². The van der Waals surface area contributed by atoms with Crippen LogP contribution in [0.2, 0.25) is 0 Å². The highest BCUT2D eigenvalue weighted by Crippen LogP contribution is 2.37. The lowest BCUT2D eigenvalue weighted by atomic mass is 10.1. The molecule has 0 radical (unpaired) electrons. The molecule has 2 aliphatic heterocycles. The first-order valence-corrected chi connectivity index (χ1v) is 12.0. The molecule has 0 spiro atoms. The van der Waals surface area contributed by atoms with Crippen molar-refractivity contribution >= 4 is 40.3 Å². The summed E-state index contributed by atoms with van der Waals surface area (Å²) in [5.41, 5.74) is 3.28. The van der Waals surface area contributed by atoms with E-state index < -0.39 is 5.92 Å². The van der Waals surface area contributed by atoms with Gasteiger partial charge in [0.1, 0.15) is 30.4 Å². The summed E-state index contributed by atoms with van der Waals surface area (Å²) < 4.78 is 13.1. The van der Waals surface area contributed by atoms with Gasteiger partial charge in [0.15, 0.2) is 11.5 Å². The Morgan fingerprint density at radius 2 is 2.00 bits per heavy atom. The SMILES string of the molecule is Cc1ccn2c(NC(=O)[C@H]3CC(=O)N(c4ccc5c(c4)OCCO5)C3)c(-c3cccs3)nc2c1. The number of carbonyl (C=O) groups is 2. The van der Waals surface area contributed by atoms with Crippen molar-refractivity contribution in [1.82, 2.24) is 9.38 Å². The number of fused-ring (bicyclic) bond motifs is 2. The van der Waals surface area contributed by atoms with Crippen molar-refractivity contribution in [2.24, 2.45) is 5.92 Å². The Kier molecular flexibility index (Phi) is 4.99. The van der Waals surface area contributed by atoms with Crippen LogP contribution in [0.4, 0.5) is 11.5 Å². The molecule has 0 unspecified atom stereocenters. The van der Waals surface area contributed by atoms with E-state index in [1.807, 2.05) is 53.2 Å². The molecule has 1 fully saturated rings. The third-order valence-corrected chi connectivity index (χ3v) is 6.99. The quantitative estimate of drug-likeness (QED) is 0.481. The van der Waals surface area contributed by atoms with E-state index in [1.165, 1.54) is 0 Å². The van der Waals surface area contributed by atoms with E-state index in [0.717, 1.165) is 21.8 Å². The van der Waals surface area contributed by atoms with Gasteiger partial charge in [-0.25, -0.2) is 4.98 Å². The summed E-state index contributed by atoms with van der Waals surface area (Å²) in [5, 5.41) is 5.05. The Bertz CT molecular complexity index is 1410. The molecule has 1 saturated heterocycles. The highest BCUT2D eigenvalue weighted by atomic mass is 32.1. The van der Waals surface area contributed by atoms with Crippen molar-refractivity contribution in [3.05, 3.63) is 59.6 Å². The third kappa shape index (κ3) is 3.58. The summed E-state index contributed by atoms with van der Waals surface area (Å²) in [7, 11) is 0. The number of pyridine rings is 1. The summed E-state index contributed by atoms with van der Waals surface area (Å²) in [5.74, 6) is 1.13. The first-order valence-electron chi connectivity index (χ1n) is 11.1. The summed E-state index contributed by atoms with van der Waals surface area (Å²) >= 11 is 1.57. The maximum Gasteiger partial charge on any atom is 0.230 e. The van der Waals surface area contributed by atoms with Gasteiger partial charge in [-0.2, -0.15) is 0 Å². The van der Waals surface area contributed by atoms with Gasteiger partial charge in [-0.3, -0.25) is 14.0 Å². The largest absolute Gasteiger partial charge is 0.486 e. The molecule has 2 amide bonds. The smallest absolute Gasteiger partial charge is 0.230 e. The van der Waals surface area contributed by atoms with E-state index in [1.54, 1.807) is 28.4 Å². The predicted molar refractivity (Wildman–Crippen MR) is 130 cm³/mol. The summed E-state index contributed by atoms with van der Waals surface area (Å²) in [6.45, 7) is 3.29. The monoisotopic (exact) mass is 474 g/mol. The molecule has 0 bridgehead atoms. The number of hydrogen-bond acceptors (Lipinski definition) is 6. The molecule has 4 aromatic rings. The number of carbonyl (C=O) groups excluding carboxylic acids is 2. The van der Waals surface area contributed by atoms with Gasteiger partial charge >= 0.3 is 0 Å². The summed E-state index contributed by atoms with van der Waals surface area (Å²) in [6.07, 6.45) is 2.05. The number of nitrogens with zero attached hydrogens (tertiary/aromatic N) is 3.